The molecule has 3 amide bonds. The van der Waals surface area contributed by atoms with E-state index in [1.165, 1.54) is 16.2 Å². The summed E-state index contributed by atoms with van der Waals surface area (Å²) in [5, 5.41) is 3.39. The third-order valence-electron chi connectivity index (χ3n) is 3.53. The second-order valence-corrected chi connectivity index (χ2v) is 6.30. The minimum atomic E-state index is -0.239. The monoisotopic (exact) mass is 329 g/mol. The maximum Gasteiger partial charge on any atom is 0.267 e. The fourth-order valence-corrected chi connectivity index (χ4v) is 3.32. The van der Waals surface area contributed by atoms with Gasteiger partial charge in [-0.05, 0) is 19.1 Å². The number of carbonyl (C=O) groups is 3. The number of para-hydroxylation sites is 1. The number of likely N-dealkylation sites (tertiary alicyclic amines) is 1. The van der Waals surface area contributed by atoms with E-state index >= 15 is 0 Å². The molecule has 1 aliphatic heterocycles. The number of carbonyl (C=O) groups excluding carboxylic acids is 3. The van der Waals surface area contributed by atoms with Crippen LogP contribution in [0, 0.1) is 6.92 Å². The van der Waals surface area contributed by atoms with Gasteiger partial charge in [-0.3, -0.25) is 19.3 Å². The molecular weight excluding hydrogens is 314 g/mol. The van der Waals surface area contributed by atoms with Gasteiger partial charge in [-0.1, -0.05) is 18.2 Å². The molecule has 0 atom stereocenters. The standard InChI is InChI=1S/C16H15N3O3S/c1-10-15(16(22)18-11-5-3-2-4-6-11)23-12(17-10)9-19-13(20)7-8-14(19)21/h2-6H,7-9H2,1H3,(H,18,22). The summed E-state index contributed by atoms with van der Waals surface area (Å²) in [6.07, 6.45) is 0.509. The van der Waals surface area contributed by atoms with Crippen molar-refractivity contribution in [2.45, 2.75) is 26.3 Å². The topological polar surface area (TPSA) is 79.4 Å². The van der Waals surface area contributed by atoms with Crippen molar-refractivity contribution in [3.8, 4) is 0 Å². The van der Waals surface area contributed by atoms with E-state index in [1.54, 1.807) is 19.1 Å². The molecule has 0 spiro atoms. The second kappa shape index (κ2) is 6.29. The first kappa shape index (κ1) is 15.4. The highest BCUT2D eigenvalue weighted by atomic mass is 32.1. The second-order valence-electron chi connectivity index (χ2n) is 5.22. The average molecular weight is 329 g/mol. The number of hydrogen-bond acceptors (Lipinski definition) is 5. The molecule has 1 aromatic heterocycles. The van der Waals surface area contributed by atoms with E-state index in [-0.39, 0.29) is 37.1 Å². The first-order chi connectivity index (χ1) is 11.0. The third-order valence-corrected chi connectivity index (χ3v) is 4.67. The predicted octanol–water partition coefficient (Wildman–Crippen LogP) is 2.35. The highest BCUT2D eigenvalue weighted by molar-refractivity contribution is 7.13. The number of aromatic nitrogens is 1. The van der Waals surface area contributed by atoms with Gasteiger partial charge in [0.1, 0.15) is 9.88 Å². The maximum atomic E-state index is 12.3. The van der Waals surface area contributed by atoms with Crippen LogP contribution < -0.4 is 5.32 Å². The zero-order valence-corrected chi connectivity index (χ0v) is 13.4. The molecule has 1 aromatic carbocycles. The molecule has 0 saturated carbocycles. The molecule has 1 saturated heterocycles. The van der Waals surface area contributed by atoms with Crippen molar-refractivity contribution in [1.29, 1.82) is 0 Å². The van der Waals surface area contributed by atoms with Gasteiger partial charge in [-0.15, -0.1) is 11.3 Å². The van der Waals surface area contributed by atoms with Gasteiger partial charge in [0, 0.05) is 18.5 Å². The van der Waals surface area contributed by atoms with Crippen LogP contribution in [0.4, 0.5) is 5.69 Å². The quantitative estimate of drug-likeness (QED) is 0.873. The Hall–Kier alpha value is -2.54. The molecule has 6 nitrogen and oxygen atoms in total. The van der Waals surface area contributed by atoms with Crippen molar-refractivity contribution in [2.24, 2.45) is 0 Å². The number of imide groups is 1. The Kier molecular flexibility index (Phi) is 4.20. The molecular formula is C16H15N3O3S. The molecule has 23 heavy (non-hydrogen) atoms. The van der Waals surface area contributed by atoms with Crippen LogP contribution in [0.1, 0.15) is 33.2 Å². The molecule has 1 aliphatic rings. The zero-order valence-electron chi connectivity index (χ0n) is 12.5. The molecule has 1 fully saturated rings. The van der Waals surface area contributed by atoms with Crippen LogP contribution in [0.5, 0.6) is 0 Å². The van der Waals surface area contributed by atoms with E-state index in [0.717, 1.165) is 0 Å². The Morgan fingerprint density at radius 3 is 2.52 bits per heavy atom. The number of aryl methyl sites for hydroxylation is 1. The predicted molar refractivity (Wildman–Crippen MR) is 86.0 cm³/mol. The van der Waals surface area contributed by atoms with E-state index in [9.17, 15) is 14.4 Å². The van der Waals surface area contributed by atoms with Gasteiger partial charge >= 0.3 is 0 Å². The van der Waals surface area contributed by atoms with Crippen molar-refractivity contribution in [3.63, 3.8) is 0 Å². The van der Waals surface area contributed by atoms with Crippen LogP contribution in [-0.2, 0) is 16.1 Å². The SMILES string of the molecule is Cc1nc(CN2C(=O)CCC2=O)sc1C(=O)Nc1ccccc1. The lowest BCUT2D eigenvalue weighted by Crippen LogP contribution is -2.28. The number of rotatable bonds is 4. The Morgan fingerprint density at radius 1 is 1.22 bits per heavy atom. The lowest BCUT2D eigenvalue weighted by molar-refractivity contribution is -0.139. The zero-order chi connectivity index (χ0) is 16.4. The third kappa shape index (κ3) is 3.29. The van der Waals surface area contributed by atoms with Crippen LogP contribution in [0.15, 0.2) is 30.3 Å². The van der Waals surface area contributed by atoms with Crippen LogP contribution in [0.2, 0.25) is 0 Å². The lowest BCUT2D eigenvalue weighted by atomic mass is 10.3. The number of anilines is 1. The van der Waals surface area contributed by atoms with Gasteiger partial charge in [-0.2, -0.15) is 0 Å². The van der Waals surface area contributed by atoms with E-state index in [2.05, 4.69) is 10.3 Å². The van der Waals surface area contributed by atoms with E-state index < -0.39 is 0 Å². The van der Waals surface area contributed by atoms with Crippen molar-refractivity contribution < 1.29 is 14.4 Å². The number of benzene rings is 1. The van der Waals surface area contributed by atoms with E-state index in [0.29, 0.717) is 21.3 Å². The van der Waals surface area contributed by atoms with Crippen LogP contribution in [0.25, 0.3) is 0 Å². The first-order valence-corrected chi connectivity index (χ1v) is 8.02. The fourth-order valence-electron chi connectivity index (χ4n) is 2.37. The normalized spacial score (nSPS) is 14.4. The number of nitrogens with one attached hydrogen (secondary N) is 1. The average Bonchev–Trinajstić information content (AvgIpc) is 3.05. The lowest BCUT2D eigenvalue weighted by Gasteiger charge is -2.10. The largest absolute Gasteiger partial charge is 0.321 e. The van der Waals surface area contributed by atoms with Gasteiger partial charge in [0.25, 0.3) is 5.91 Å². The van der Waals surface area contributed by atoms with Crippen molar-refractivity contribution in [1.82, 2.24) is 9.88 Å². The van der Waals surface area contributed by atoms with Crippen molar-refractivity contribution in [3.05, 3.63) is 45.9 Å². The number of amides is 3. The van der Waals surface area contributed by atoms with Crippen LogP contribution >= 0.6 is 11.3 Å². The molecule has 0 aliphatic carbocycles. The number of nitrogens with zero attached hydrogens (tertiary/aromatic N) is 2. The fraction of sp³-hybridized carbons (Fsp3) is 0.250. The van der Waals surface area contributed by atoms with Crippen molar-refractivity contribution in [2.75, 3.05) is 5.32 Å². The highest BCUT2D eigenvalue weighted by Crippen LogP contribution is 2.23. The minimum Gasteiger partial charge on any atom is -0.321 e. The summed E-state index contributed by atoms with van der Waals surface area (Å²) in [6, 6.07) is 9.15. The highest BCUT2D eigenvalue weighted by Gasteiger charge is 2.30. The molecule has 1 N–H and O–H groups in total. The Balaban J connectivity index is 1.74. The summed E-state index contributed by atoms with van der Waals surface area (Å²) in [5.41, 5.74) is 1.30. The smallest absolute Gasteiger partial charge is 0.267 e. The molecule has 2 heterocycles. The molecule has 0 bridgehead atoms. The van der Waals surface area contributed by atoms with Gasteiger partial charge in [0.15, 0.2) is 0 Å². The van der Waals surface area contributed by atoms with Crippen molar-refractivity contribution >= 4 is 34.7 Å². The van der Waals surface area contributed by atoms with Gasteiger partial charge in [0.05, 0.1) is 12.2 Å². The molecule has 0 unspecified atom stereocenters. The summed E-state index contributed by atoms with van der Waals surface area (Å²) in [4.78, 5) is 41.7. The molecule has 2 aromatic rings. The number of hydrogen-bond donors (Lipinski definition) is 1. The molecule has 3 rings (SSSR count). The Labute approximate surface area is 137 Å². The van der Waals surface area contributed by atoms with Crippen LogP contribution in [0.3, 0.4) is 0 Å². The summed E-state index contributed by atoms with van der Waals surface area (Å²) in [7, 11) is 0. The Morgan fingerprint density at radius 2 is 1.87 bits per heavy atom. The Bertz CT molecular complexity index is 754. The summed E-state index contributed by atoms with van der Waals surface area (Å²) < 4.78 is 0. The van der Waals surface area contributed by atoms with E-state index in [1.807, 2.05) is 18.2 Å². The van der Waals surface area contributed by atoms with E-state index in [4.69, 9.17) is 0 Å². The summed E-state index contributed by atoms with van der Waals surface area (Å²) in [5.74, 6) is -0.604. The number of thiazole rings is 1. The molecule has 7 heteroatoms. The molecule has 0 radical (unpaired) electrons. The van der Waals surface area contributed by atoms with Gasteiger partial charge in [-0.25, -0.2) is 4.98 Å². The van der Waals surface area contributed by atoms with Crippen LogP contribution in [-0.4, -0.2) is 27.6 Å². The summed E-state index contributed by atoms with van der Waals surface area (Å²) >= 11 is 1.21. The first-order valence-electron chi connectivity index (χ1n) is 7.20. The minimum absolute atomic E-state index is 0.141. The maximum absolute atomic E-state index is 12.3. The van der Waals surface area contributed by atoms with Gasteiger partial charge < -0.3 is 5.32 Å². The van der Waals surface area contributed by atoms with Gasteiger partial charge in [0.2, 0.25) is 11.8 Å². The molecule has 118 valence electrons. The summed E-state index contributed by atoms with van der Waals surface area (Å²) in [6.45, 7) is 1.88.